The molecule has 1 saturated heterocycles. The molecule has 33 heavy (non-hydrogen) atoms. The van der Waals surface area contributed by atoms with Crippen LogP contribution in [0.1, 0.15) is 49.3 Å². The third kappa shape index (κ3) is 4.88. The summed E-state index contributed by atoms with van der Waals surface area (Å²) in [6.45, 7) is 5.87. The van der Waals surface area contributed by atoms with Crippen LogP contribution in [0.5, 0.6) is 17.2 Å². The summed E-state index contributed by atoms with van der Waals surface area (Å²) in [5.41, 5.74) is 3.31. The fourth-order valence-corrected chi connectivity index (χ4v) is 5.34. The predicted molar refractivity (Wildman–Crippen MR) is 127 cm³/mol. The van der Waals surface area contributed by atoms with Gasteiger partial charge in [-0.2, -0.15) is 0 Å². The molecule has 1 amide bonds. The molecule has 2 unspecified atom stereocenters. The number of phenols is 1. The highest BCUT2D eigenvalue weighted by atomic mass is 16.5. The summed E-state index contributed by atoms with van der Waals surface area (Å²) in [6.07, 6.45) is 1.26. The number of methoxy groups -OCH3 is 2. The van der Waals surface area contributed by atoms with Crippen molar-refractivity contribution in [2.75, 3.05) is 32.6 Å². The molecule has 0 bridgehead atoms. The quantitative estimate of drug-likeness (QED) is 0.616. The van der Waals surface area contributed by atoms with Gasteiger partial charge in [-0.25, -0.2) is 0 Å². The number of rotatable bonds is 6. The molecule has 2 heterocycles. The van der Waals surface area contributed by atoms with E-state index in [2.05, 4.69) is 19.2 Å². The highest BCUT2D eigenvalue weighted by Gasteiger charge is 2.31. The number of aromatic hydroxyl groups is 1. The third-order valence-electron chi connectivity index (χ3n) is 6.77. The van der Waals surface area contributed by atoms with Gasteiger partial charge in [-0.05, 0) is 35.4 Å². The van der Waals surface area contributed by atoms with Crippen molar-refractivity contribution >= 4 is 11.6 Å². The molecule has 0 saturated carbocycles. The Balaban J connectivity index is 1.74. The third-order valence-corrected chi connectivity index (χ3v) is 6.77. The number of hydrogen-bond donors (Lipinski definition) is 3. The molecular formula is C26H34N2O5. The summed E-state index contributed by atoms with van der Waals surface area (Å²) in [5, 5.41) is 24.0. The van der Waals surface area contributed by atoms with Gasteiger partial charge in [0.25, 0.3) is 0 Å². The summed E-state index contributed by atoms with van der Waals surface area (Å²) in [4.78, 5) is 15.4. The number of carbonyl (C=O) groups is 1. The Kier molecular flexibility index (Phi) is 6.70. The molecule has 2 aromatic rings. The molecule has 0 aliphatic carbocycles. The minimum atomic E-state index is -0.615. The van der Waals surface area contributed by atoms with E-state index >= 15 is 0 Å². The number of phenolic OH excluding ortho intramolecular Hbond substituents is 1. The number of nitrogens with zero attached hydrogens (tertiary/aromatic N) is 1. The van der Waals surface area contributed by atoms with E-state index in [0.29, 0.717) is 35.3 Å². The number of fused-ring (bicyclic) bond motifs is 1. The molecule has 4 atom stereocenters. The van der Waals surface area contributed by atoms with Gasteiger partial charge >= 0.3 is 0 Å². The zero-order valence-corrected chi connectivity index (χ0v) is 19.8. The van der Waals surface area contributed by atoms with Gasteiger partial charge < -0.3 is 29.9 Å². The fourth-order valence-electron chi connectivity index (χ4n) is 5.34. The Labute approximate surface area is 195 Å². The largest absolute Gasteiger partial charge is 0.507 e. The smallest absolute Gasteiger partial charge is 0.223 e. The number of nitrogens with one attached hydrogen (secondary N) is 1. The van der Waals surface area contributed by atoms with Crippen molar-refractivity contribution in [1.82, 2.24) is 4.90 Å². The number of ether oxygens (including phenoxy) is 2. The van der Waals surface area contributed by atoms with Gasteiger partial charge in [-0.1, -0.05) is 26.0 Å². The van der Waals surface area contributed by atoms with E-state index in [-0.39, 0.29) is 18.1 Å². The van der Waals surface area contributed by atoms with Crippen molar-refractivity contribution in [2.45, 2.75) is 45.3 Å². The first kappa shape index (κ1) is 23.2. The predicted octanol–water partition coefficient (Wildman–Crippen LogP) is 3.72. The van der Waals surface area contributed by atoms with Crippen LogP contribution in [0.15, 0.2) is 30.3 Å². The van der Waals surface area contributed by atoms with E-state index < -0.39 is 12.1 Å². The van der Waals surface area contributed by atoms with Crippen LogP contribution in [0.4, 0.5) is 5.69 Å². The lowest BCUT2D eigenvalue weighted by atomic mass is 9.85. The topological polar surface area (TPSA) is 91.3 Å². The number of aliphatic hydroxyl groups excluding tert-OH is 1. The van der Waals surface area contributed by atoms with Crippen LogP contribution >= 0.6 is 0 Å². The summed E-state index contributed by atoms with van der Waals surface area (Å²) in [5.74, 6) is 1.54. The maximum Gasteiger partial charge on any atom is 0.223 e. The number of anilines is 1. The van der Waals surface area contributed by atoms with E-state index in [0.717, 1.165) is 36.3 Å². The molecule has 2 aromatic carbocycles. The summed E-state index contributed by atoms with van der Waals surface area (Å²) in [6, 6.07) is 9.20. The average Bonchev–Trinajstić information content (AvgIpc) is 3.15. The molecule has 4 rings (SSSR count). The van der Waals surface area contributed by atoms with Crippen molar-refractivity contribution < 1.29 is 24.5 Å². The van der Waals surface area contributed by atoms with Crippen LogP contribution in [-0.4, -0.2) is 54.6 Å². The van der Waals surface area contributed by atoms with Gasteiger partial charge in [0.15, 0.2) is 0 Å². The SMILES string of the molecule is COc1cc(O)c(C(CC(=O)N2C[C@H](C)C[C@H](C)C2)c2ccc3c(c2)NC(O)C3)c(OC)c1. The molecular weight excluding hydrogens is 420 g/mol. The van der Waals surface area contributed by atoms with E-state index in [9.17, 15) is 15.0 Å². The Bertz CT molecular complexity index is 1010. The summed E-state index contributed by atoms with van der Waals surface area (Å²) in [7, 11) is 3.08. The highest BCUT2D eigenvalue weighted by Crippen LogP contribution is 2.44. The number of aliphatic hydroxyl groups is 1. The van der Waals surface area contributed by atoms with E-state index in [1.807, 2.05) is 23.1 Å². The van der Waals surface area contributed by atoms with E-state index in [1.54, 1.807) is 19.2 Å². The number of benzene rings is 2. The molecule has 2 aliphatic rings. The minimum Gasteiger partial charge on any atom is -0.507 e. The number of hydrogen-bond acceptors (Lipinski definition) is 6. The van der Waals surface area contributed by atoms with Crippen LogP contribution in [-0.2, 0) is 11.2 Å². The Morgan fingerprint density at radius 1 is 1.15 bits per heavy atom. The Morgan fingerprint density at radius 3 is 2.55 bits per heavy atom. The molecule has 7 nitrogen and oxygen atoms in total. The zero-order chi connectivity index (χ0) is 23.7. The van der Waals surface area contributed by atoms with Gasteiger partial charge in [-0.15, -0.1) is 0 Å². The Morgan fingerprint density at radius 2 is 1.88 bits per heavy atom. The molecule has 3 N–H and O–H groups in total. The summed E-state index contributed by atoms with van der Waals surface area (Å²) >= 11 is 0. The van der Waals surface area contributed by atoms with Crippen LogP contribution < -0.4 is 14.8 Å². The van der Waals surface area contributed by atoms with Crippen molar-refractivity contribution in [1.29, 1.82) is 0 Å². The normalized spacial score (nSPS) is 22.9. The number of amides is 1. The van der Waals surface area contributed by atoms with Gasteiger partial charge in [0.2, 0.25) is 5.91 Å². The van der Waals surface area contributed by atoms with Crippen LogP contribution in [0.3, 0.4) is 0 Å². The second kappa shape index (κ2) is 9.51. The first-order valence-electron chi connectivity index (χ1n) is 11.6. The first-order chi connectivity index (χ1) is 15.8. The standard InChI is InChI=1S/C26H34N2O5/c1-15-7-16(2)14-28(13-15)25(31)12-20(17-5-6-18-9-24(30)27-21(18)8-17)26-22(29)10-19(32-3)11-23(26)33-4/h5-6,8,10-11,15-16,20,24,27,29-30H,7,9,12-14H2,1-4H3/t15-,16+,20?,24?. The lowest BCUT2D eigenvalue weighted by Gasteiger charge is -2.36. The summed E-state index contributed by atoms with van der Waals surface area (Å²) < 4.78 is 10.9. The lowest BCUT2D eigenvalue weighted by molar-refractivity contribution is -0.134. The van der Waals surface area contributed by atoms with Gasteiger partial charge in [-0.3, -0.25) is 4.79 Å². The van der Waals surface area contributed by atoms with Crippen molar-refractivity contribution in [3.63, 3.8) is 0 Å². The fraction of sp³-hybridized carbons (Fsp3) is 0.500. The van der Waals surface area contributed by atoms with Crippen molar-refractivity contribution in [2.24, 2.45) is 11.8 Å². The average molecular weight is 455 g/mol. The molecule has 178 valence electrons. The monoisotopic (exact) mass is 454 g/mol. The maximum absolute atomic E-state index is 13.5. The minimum absolute atomic E-state index is 0.0258. The first-order valence-corrected chi connectivity index (χ1v) is 11.6. The molecule has 0 spiro atoms. The van der Waals surface area contributed by atoms with Gasteiger partial charge in [0, 0.05) is 55.2 Å². The lowest BCUT2D eigenvalue weighted by Crippen LogP contribution is -2.43. The Hall–Kier alpha value is -2.93. The number of likely N-dealkylation sites (tertiary alicyclic amines) is 1. The molecule has 0 aromatic heterocycles. The molecule has 0 radical (unpaired) electrons. The van der Waals surface area contributed by atoms with Crippen molar-refractivity contribution in [3.8, 4) is 17.2 Å². The second-order valence-electron chi connectivity index (χ2n) is 9.54. The van der Waals surface area contributed by atoms with Crippen molar-refractivity contribution in [3.05, 3.63) is 47.0 Å². The van der Waals surface area contributed by atoms with Crippen LogP contribution in [0.2, 0.25) is 0 Å². The molecule has 1 fully saturated rings. The van der Waals surface area contributed by atoms with E-state index in [4.69, 9.17) is 9.47 Å². The number of carbonyl (C=O) groups excluding carboxylic acids is 1. The zero-order valence-electron chi connectivity index (χ0n) is 19.8. The maximum atomic E-state index is 13.5. The van der Waals surface area contributed by atoms with Crippen LogP contribution in [0, 0.1) is 11.8 Å². The number of piperidine rings is 1. The highest BCUT2D eigenvalue weighted by molar-refractivity contribution is 5.79. The molecule has 7 heteroatoms. The van der Waals surface area contributed by atoms with E-state index in [1.165, 1.54) is 7.11 Å². The van der Waals surface area contributed by atoms with Gasteiger partial charge in [0.1, 0.15) is 23.5 Å². The second-order valence-corrected chi connectivity index (χ2v) is 9.54. The van der Waals surface area contributed by atoms with Crippen LogP contribution in [0.25, 0.3) is 0 Å². The van der Waals surface area contributed by atoms with Gasteiger partial charge in [0.05, 0.1) is 14.2 Å². The molecule has 2 aliphatic heterocycles.